The number of rotatable bonds is 6. The van der Waals surface area contributed by atoms with Crippen LogP contribution in [-0.4, -0.2) is 38.3 Å². The van der Waals surface area contributed by atoms with E-state index < -0.39 is 10.0 Å². The molecule has 5 nitrogen and oxygen atoms in total. The van der Waals surface area contributed by atoms with Gasteiger partial charge in [-0.05, 0) is 66.4 Å². The zero-order valence-corrected chi connectivity index (χ0v) is 18.4. The van der Waals surface area contributed by atoms with Gasteiger partial charge in [-0.3, -0.25) is 4.79 Å². The van der Waals surface area contributed by atoms with Crippen molar-refractivity contribution in [2.24, 2.45) is 5.92 Å². The van der Waals surface area contributed by atoms with Crippen molar-refractivity contribution >= 4 is 43.2 Å². The molecule has 0 radical (unpaired) electrons. The summed E-state index contributed by atoms with van der Waals surface area (Å²) in [6.07, 6.45) is 1.92. The number of carbonyl (C=O) groups excluding carboxylic acids is 1. The lowest BCUT2D eigenvalue weighted by Crippen LogP contribution is -2.43. The Labute approximate surface area is 173 Å². The molecule has 0 spiro atoms. The lowest BCUT2D eigenvalue weighted by molar-refractivity contribution is -0.126. The first-order valence-electron chi connectivity index (χ1n) is 8.95. The number of hydrogen-bond donors (Lipinski definition) is 1. The van der Waals surface area contributed by atoms with Crippen LogP contribution in [0.4, 0.5) is 0 Å². The van der Waals surface area contributed by atoms with Crippen LogP contribution in [0.5, 0.6) is 0 Å². The van der Waals surface area contributed by atoms with Crippen LogP contribution in [-0.2, 0) is 21.2 Å². The molecule has 3 rings (SSSR count). The predicted octanol–water partition coefficient (Wildman–Crippen LogP) is 3.58. The highest BCUT2D eigenvalue weighted by molar-refractivity contribution is 9.11. The van der Waals surface area contributed by atoms with Crippen molar-refractivity contribution in [1.29, 1.82) is 0 Å². The van der Waals surface area contributed by atoms with Gasteiger partial charge in [0.15, 0.2) is 0 Å². The number of carbonyl (C=O) groups is 1. The third-order valence-corrected chi connectivity index (χ3v) is 8.38. The van der Waals surface area contributed by atoms with Gasteiger partial charge < -0.3 is 5.32 Å². The van der Waals surface area contributed by atoms with Crippen LogP contribution in [0.25, 0.3) is 0 Å². The molecule has 0 saturated carbocycles. The Morgan fingerprint density at radius 1 is 1.19 bits per heavy atom. The number of amides is 1. The monoisotopic (exact) mass is 470 g/mol. The molecule has 1 aliphatic rings. The van der Waals surface area contributed by atoms with E-state index in [2.05, 4.69) is 27.3 Å². The molecule has 1 fully saturated rings. The summed E-state index contributed by atoms with van der Waals surface area (Å²) in [5.74, 6) is -0.0949. The Morgan fingerprint density at radius 3 is 2.44 bits per heavy atom. The Hall–Kier alpha value is -1.22. The molecule has 146 valence electrons. The summed E-state index contributed by atoms with van der Waals surface area (Å²) in [4.78, 5) is 13.9. The molecule has 1 aromatic heterocycles. The SMILES string of the molecule is Cc1ccc(S(=O)(=O)N2CCC(C(=O)NCCc3ccc(Br)s3)CC2)cc1. The van der Waals surface area contributed by atoms with Gasteiger partial charge in [0.25, 0.3) is 0 Å². The molecule has 8 heteroatoms. The van der Waals surface area contributed by atoms with Crippen molar-refractivity contribution < 1.29 is 13.2 Å². The van der Waals surface area contributed by atoms with Crippen LogP contribution in [0.2, 0.25) is 0 Å². The topological polar surface area (TPSA) is 66.5 Å². The van der Waals surface area contributed by atoms with Crippen molar-refractivity contribution in [3.8, 4) is 0 Å². The van der Waals surface area contributed by atoms with E-state index in [0.717, 1.165) is 15.8 Å². The predicted molar refractivity (Wildman–Crippen MR) is 111 cm³/mol. The molecule has 0 unspecified atom stereocenters. The van der Waals surface area contributed by atoms with Crippen molar-refractivity contribution in [2.45, 2.75) is 31.1 Å². The molecule has 1 amide bonds. The van der Waals surface area contributed by atoms with E-state index in [4.69, 9.17) is 0 Å². The highest BCUT2D eigenvalue weighted by atomic mass is 79.9. The number of hydrogen-bond acceptors (Lipinski definition) is 4. The fourth-order valence-electron chi connectivity index (χ4n) is 3.16. The number of benzene rings is 1. The van der Waals surface area contributed by atoms with E-state index >= 15 is 0 Å². The average Bonchev–Trinajstić information content (AvgIpc) is 3.07. The molecular weight excluding hydrogens is 448 g/mol. The number of thiophene rings is 1. The van der Waals surface area contributed by atoms with Gasteiger partial charge in [-0.1, -0.05) is 17.7 Å². The quantitative estimate of drug-likeness (QED) is 0.701. The number of sulfonamides is 1. The molecule has 0 bridgehead atoms. The van der Waals surface area contributed by atoms with Crippen molar-refractivity contribution in [3.63, 3.8) is 0 Å². The fourth-order valence-corrected chi connectivity index (χ4v) is 6.11. The zero-order chi connectivity index (χ0) is 19.4. The van der Waals surface area contributed by atoms with Gasteiger partial charge in [0.2, 0.25) is 15.9 Å². The highest BCUT2D eigenvalue weighted by Crippen LogP contribution is 2.25. The van der Waals surface area contributed by atoms with Crippen LogP contribution < -0.4 is 5.32 Å². The first kappa shape index (κ1) is 20.5. The Kier molecular flexibility index (Phi) is 6.73. The lowest BCUT2D eigenvalue weighted by atomic mass is 9.97. The summed E-state index contributed by atoms with van der Waals surface area (Å²) >= 11 is 5.10. The summed E-state index contributed by atoms with van der Waals surface area (Å²) in [6.45, 7) is 3.30. The first-order chi connectivity index (χ1) is 12.9. The second-order valence-electron chi connectivity index (χ2n) is 6.74. The third kappa shape index (κ3) is 5.19. The summed E-state index contributed by atoms with van der Waals surface area (Å²) in [5, 5.41) is 2.99. The van der Waals surface area contributed by atoms with E-state index in [-0.39, 0.29) is 11.8 Å². The Morgan fingerprint density at radius 2 is 1.85 bits per heavy atom. The van der Waals surface area contributed by atoms with Gasteiger partial charge in [-0.15, -0.1) is 11.3 Å². The van der Waals surface area contributed by atoms with Gasteiger partial charge in [0.05, 0.1) is 8.68 Å². The summed E-state index contributed by atoms with van der Waals surface area (Å²) in [6, 6.07) is 11.0. The largest absolute Gasteiger partial charge is 0.355 e. The van der Waals surface area contributed by atoms with Gasteiger partial charge in [0.1, 0.15) is 0 Å². The molecule has 1 aromatic carbocycles. The minimum atomic E-state index is -3.48. The summed E-state index contributed by atoms with van der Waals surface area (Å²) in [5.41, 5.74) is 1.03. The minimum absolute atomic E-state index is 0.0259. The van der Waals surface area contributed by atoms with Crippen LogP contribution >= 0.6 is 27.3 Å². The maximum Gasteiger partial charge on any atom is 0.243 e. The Bertz CT molecular complexity index is 886. The number of aryl methyl sites for hydroxylation is 1. The van der Waals surface area contributed by atoms with Crippen molar-refractivity contribution in [1.82, 2.24) is 9.62 Å². The van der Waals surface area contributed by atoms with Crippen molar-refractivity contribution in [3.05, 3.63) is 50.6 Å². The Balaban J connectivity index is 1.49. The standard InChI is InChI=1S/C19H23BrN2O3S2/c1-14-2-5-17(6-3-14)27(24,25)22-12-9-15(10-13-22)19(23)21-11-8-16-4-7-18(20)26-16/h2-7,15H,8-13H2,1H3,(H,21,23). The molecular formula is C19H23BrN2O3S2. The molecule has 2 heterocycles. The van der Waals surface area contributed by atoms with Gasteiger partial charge in [-0.25, -0.2) is 8.42 Å². The molecule has 0 atom stereocenters. The number of nitrogens with zero attached hydrogens (tertiary/aromatic N) is 1. The molecule has 2 aromatic rings. The van der Waals surface area contributed by atoms with Crippen LogP contribution in [0.3, 0.4) is 0 Å². The van der Waals surface area contributed by atoms with E-state index in [9.17, 15) is 13.2 Å². The number of halogens is 1. The second kappa shape index (κ2) is 8.86. The minimum Gasteiger partial charge on any atom is -0.355 e. The summed E-state index contributed by atoms with van der Waals surface area (Å²) < 4.78 is 28.0. The van der Waals surface area contributed by atoms with Crippen LogP contribution in [0.15, 0.2) is 45.1 Å². The average molecular weight is 471 g/mol. The maximum atomic E-state index is 12.7. The van der Waals surface area contributed by atoms with Crippen LogP contribution in [0.1, 0.15) is 23.3 Å². The lowest BCUT2D eigenvalue weighted by Gasteiger charge is -2.30. The molecule has 1 N–H and O–H groups in total. The normalized spacial score (nSPS) is 16.4. The van der Waals surface area contributed by atoms with Gasteiger partial charge in [-0.2, -0.15) is 4.31 Å². The highest BCUT2D eigenvalue weighted by Gasteiger charge is 2.31. The first-order valence-corrected chi connectivity index (χ1v) is 12.0. The van der Waals surface area contributed by atoms with Gasteiger partial charge in [0, 0.05) is 30.4 Å². The van der Waals surface area contributed by atoms with E-state index in [0.29, 0.717) is 37.4 Å². The maximum absolute atomic E-state index is 12.7. The molecule has 27 heavy (non-hydrogen) atoms. The molecule has 1 saturated heterocycles. The van der Waals surface area contributed by atoms with E-state index in [1.807, 2.05) is 13.0 Å². The number of piperidine rings is 1. The zero-order valence-electron chi connectivity index (χ0n) is 15.2. The molecule has 0 aliphatic carbocycles. The van der Waals surface area contributed by atoms with E-state index in [1.165, 1.54) is 9.18 Å². The second-order valence-corrected chi connectivity index (χ2v) is 11.2. The van der Waals surface area contributed by atoms with Gasteiger partial charge >= 0.3 is 0 Å². The van der Waals surface area contributed by atoms with E-state index in [1.54, 1.807) is 35.6 Å². The molecule has 1 aliphatic heterocycles. The summed E-state index contributed by atoms with van der Waals surface area (Å²) in [7, 11) is -3.48. The number of nitrogens with one attached hydrogen (secondary N) is 1. The van der Waals surface area contributed by atoms with Crippen molar-refractivity contribution in [2.75, 3.05) is 19.6 Å². The van der Waals surface area contributed by atoms with Crippen LogP contribution in [0, 0.1) is 12.8 Å². The fraction of sp³-hybridized carbons (Fsp3) is 0.421. The smallest absolute Gasteiger partial charge is 0.243 e. The third-order valence-electron chi connectivity index (χ3n) is 4.78.